The summed E-state index contributed by atoms with van der Waals surface area (Å²) in [4.78, 5) is 12.1. The fraction of sp³-hybridized carbons (Fsp3) is 0.0625. The number of hydrogen-bond donors (Lipinski definition) is 1. The minimum Gasteiger partial charge on any atom is -0.456 e. The van der Waals surface area contributed by atoms with Crippen molar-refractivity contribution in [2.45, 2.75) is 6.61 Å². The molecule has 0 aliphatic rings. The van der Waals surface area contributed by atoms with E-state index >= 15 is 0 Å². The molecular weight excluding hydrogens is 285 g/mol. The van der Waals surface area contributed by atoms with Gasteiger partial charge in [0, 0.05) is 10.9 Å². The molecule has 0 unspecified atom stereocenters. The van der Waals surface area contributed by atoms with Gasteiger partial charge in [0.2, 0.25) is 0 Å². The summed E-state index contributed by atoms with van der Waals surface area (Å²) in [5.41, 5.74) is 1.31. The van der Waals surface area contributed by atoms with E-state index in [-0.39, 0.29) is 17.9 Å². The van der Waals surface area contributed by atoms with Gasteiger partial charge in [-0.1, -0.05) is 18.2 Å². The number of carbonyl (C=O) groups excluding carboxylic acids is 1. The fourth-order valence-corrected chi connectivity index (χ4v) is 2.09. The van der Waals surface area contributed by atoms with Gasteiger partial charge in [0.05, 0.1) is 17.1 Å². The zero-order valence-corrected chi connectivity index (χ0v) is 11.3. The van der Waals surface area contributed by atoms with Crippen molar-refractivity contribution in [2.24, 2.45) is 0 Å². The van der Waals surface area contributed by atoms with Crippen LogP contribution in [0.15, 0.2) is 42.5 Å². The fourth-order valence-electron chi connectivity index (χ4n) is 2.09. The van der Waals surface area contributed by atoms with Crippen LogP contribution in [-0.2, 0) is 11.3 Å². The highest BCUT2D eigenvalue weighted by Gasteiger charge is 2.16. The molecule has 0 bridgehead atoms. The van der Waals surface area contributed by atoms with Crippen LogP contribution < -0.4 is 0 Å². The van der Waals surface area contributed by atoms with Crippen LogP contribution in [0.4, 0.5) is 4.39 Å². The molecule has 6 heteroatoms. The number of para-hydroxylation sites is 1. The molecule has 0 spiro atoms. The third-order valence-electron chi connectivity index (χ3n) is 3.20. The maximum atomic E-state index is 13.6. The van der Waals surface area contributed by atoms with E-state index in [1.807, 2.05) is 12.1 Å². The number of nitrogens with one attached hydrogen (secondary N) is 1. The van der Waals surface area contributed by atoms with E-state index in [0.29, 0.717) is 16.5 Å². The zero-order valence-electron chi connectivity index (χ0n) is 11.3. The lowest BCUT2D eigenvalue weighted by Crippen LogP contribution is -2.07. The molecule has 5 nitrogen and oxygen atoms in total. The van der Waals surface area contributed by atoms with Crippen molar-refractivity contribution < 1.29 is 13.9 Å². The summed E-state index contributed by atoms with van der Waals surface area (Å²) in [6, 6.07) is 12.9. The number of benzene rings is 2. The smallest absolute Gasteiger partial charge is 0.359 e. The van der Waals surface area contributed by atoms with E-state index in [9.17, 15) is 9.18 Å². The lowest BCUT2D eigenvalue weighted by molar-refractivity contribution is 0.0464. The highest BCUT2D eigenvalue weighted by atomic mass is 19.1. The number of aromatic nitrogens is 2. The SMILES string of the molecule is N#Cc1ccc(F)c(COC(=O)c2n[nH]c3ccccc23)c1. The molecule has 22 heavy (non-hydrogen) atoms. The number of H-pyrrole nitrogens is 1. The van der Waals surface area contributed by atoms with E-state index < -0.39 is 11.8 Å². The molecule has 0 saturated heterocycles. The summed E-state index contributed by atoms with van der Waals surface area (Å²) < 4.78 is 18.7. The number of fused-ring (bicyclic) bond motifs is 1. The number of esters is 1. The monoisotopic (exact) mass is 295 g/mol. The second-order valence-corrected chi connectivity index (χ2v) is 4.61. The highest BCUT2D eigenvalue weighted by Crippen LogP contribution is 2.17. The molecule has 3 aromatic rings. The molecule has 0 amide bonds. The topological polar surface area (TPSA) is 78.8 Å². The van der Waals surface area contributed by atoms with Crippen LogP contribution in [0.5, 0.6) is 0 Å². The van der Waals surface area contributed by atoms with Gasteiger partial charge in [-0.05, 0) is 24.3 Å². The average Bonchev–Trinajstić information content (AvgIpc) is 2.98. The van der Waals surface area contributed by atoms with Crippen molar-refractivity contribution in [2.75, 3.05) is 0 Å². The van der Waals surface area contributed by atoms with Crippen molar-refractivity contribution in [1.29, 1.82) is 5.26 Å². The van der Waals surface area contributed by atoms with Gasteiger partial charge in [-0.25, -0.2) is 9.18 Å². The van der Waals surface area contributed by atoms with Gasteiger partial charge in [0.25, 0.3) is 0 Å². The van der Waals surface area contributed by atoms with Crippen LogP contribution in [0.3, 0.4) is 0 Å². The number of carbonyl (C=O) groups is 1. The van der Waals surface area contributed by atoms with Gasteiger partial charge >= 0.3 is 5.97 Å². The van der Waals surface area contributed by atoms with Crippen molar-refractivity contribution >= 4 is 16.9 Å². The first-order chi connectivity index (χ1) is 10.7. The molecule has 0 fully saturated rings. The summed E-state index contributed by atoms with van der Waals surface area (Å²) in [5, 5.41) is 16.1. The zero-order chi connectivity index (χ0) is 15.5. The number of halogens is 1. The minimum atomic E-state index is -0.654. The predicted octanol–water partition coefficient (Wildman–Crippen LogP) is 2.93. The second kappa shape index (κ2) is 5.66. The summed E-state index contributed by atoms with van der Waals surface area (Å²) in [5.74, 6) is -1.18. The summed E-state index contributed by atoms with van der Waals surface area (Å²) in [6.07, 6.45) is 0. The Hall–Kier alpha value is -3.20. The van der Waals surface area contributed by atoms with Crippen LogP contribution in [0.1, 0.15) is 21.6 Å². The molecule has 2 aromatic carbocycles. The molecule has 0 aliphatic heterocycles. The van der Waals surface area contributed by atoms with E-state index in [0.717, 1.165) is 0 Å². The number of rotatable bonds is 3. The third kappa shape index (κ3) is 2.52. The number of ether oxygens (including phenoxy) is 1. The Morgan fingerprint density at radius 1 is 1.32 bits per heavy atom. The Kier molecular flexibility index (Phi) is 3.54. The van der Waals surface area contributed by atoms with E-state index in [2.05, 4.69) is 10.2 Å². The molecule has 0 radical (unpaired) electrons. The van der Waals surface area contributed by atoms with E-state index in [1.165, 1.54) is 18.2 Å². The molecular formula is C16H10FN3O2. The number of nitriles is 1. The Bertz CT molecular complexity index is 896. The van der Waals surface area contributed by atoms with Crippen molar-refractivity contribution in [1.82, 2.24) is 10.2 Å². The minimum absolute atomic E-state index is 0.146. The Morgan fingerprint density at radius 2 is 2.14 bits per heavy atom. The largest absolute Gasteiger partial charge is 0.456 e. The van der Waals surface area contributed by atoms with Gasteiger partial charge in [0.1, 0.15) is 12.4 Å². The van der Waals surface area contributed by atoms with Gasteiger partial charge < -0.3 is 4.74 Å². The van der Waals surface area contributed by atoms with Gasteiger partial charge in [-0.2, -0.15) is 10.4 Å². The molecule has 1 N–H and O–H groups in total. The number of hydrogen-bond acceptors (Lipinski definition) is 4. The Labute approximate surface area is 124 Å². The quantitative estimate of drug-likeness (QED) is 0.753. The summed E-state index contributed by atoms with van der Waals surface area (Å²) >= 11 is 0. The third-order valence-corrected chi connectivity index (χ3v) is 3.20. The first-order valence-electron chi connectivity index (χ1n) is 6.48. The molecule has 3 rings (SSSR count). The second-order valence-electron chi connectivity index (χ2n) is 4.61. The molecule has 0 saturated carbocycles. The predicted molar refractivity (Wildman–Crippen MR) is 76.3 cm³/mol. The van der Waals surface area contributed by atoms with E-state index in [1.54, 1.807) is 18.2 Å². The van der Waals surface area contributed by atoms with E-state index in [4.69, 9.17) is 10.00 Å². The summed E-state index contributed by atoms with van der Waals surface area (Å²) in [6.45, 7) is -0.263. The first kappa shape index (κ1) is 13.8. The molecule has 0 atom stereocenters. The number of aromatic amines is 1. The van der Waals surface area contributed by atoms with Crippen LogP contribution >= 0.6 is 0 Å². The maximum absolute atomic E-state index is 13.6. The highest BCUT2D eigenvalue weighted by molar-refractivity contribution is 6.01. The standard InChI is InChI=1S/C16H10FN3O2/c17-13-6-5-10(8-18)7-11(13)9-22-16(21)15-12-3-1-2-4-14(12)19-20-15/h1-7H,9H2,(H,19,20). The normalized spacial score (nSPS) is 10.4. The first-order valence-corrected chi connectivity index (χ1v) is 6.48. The van der Waals surface area contributed by atoms with Gasteiger partial charge in [-0.15, -0.1) is 0 Å². The van der Waals surface area contributed by atoms with Gasteiger partial charge in [0.15, 0.2) is 5.69 Å². The molecule has 1 heterocycles. The summed E-state index contributed by atoms with van der Waals surface area (Å²) in [7, 11) is 0. The van der Waals surface area contributed by atoms with Crippen LogP contribution in [0, 0.1) is 17.1 Å². The Balaban J connectivity index is 1.80. The van der Waals surface area contributed by atoms with Crippen LogP contribution in [0.2, 0.25) is 0 Å². The van der Waals surface area contributed by atoms with Gasteiger partial charge in [-0.3, -0.25) is 5.10 Å². The maximum Gasteiger partial charge on any atom is 0.359 e. The Morgan fingerprint density at radius 3 is 2.95 bits per heavy atom. The molecule has 1 aromatic heterocycles. The average molecular weight is 295 g/mol. The van der Waals surface area contributed by atoms with Crippen molar-refractivity contribution in [3.63, 3.8) is 0 Å². The van der Waals surface area contributed by atoms with Crippen molar-refractivity contribution in [3.8, 4) is 6.07 Å². The van der Waals surface area contributed by atoms with Crippen LogP contribution in [0.25, 0.3) is 10.9 Å². The van der Waals surface area contributed by atoms with Crippen molar-refractivity contribution in [3.05, 3.63) is 65.1 Å². The molecule has 108 valence electrons. The molecule has 0 aliphatic carbocycles. The number of nitrogens with zero attached hydrogens (tertiary/aromatic N) is 2. The lowest BCUT2D eigenvalue weighted by atomic mass is 10.1. The van der Waals surface area contributed by atoms with Crippen LogP contribution in [-0.4, -0.2) is 16.2 Å². The lowest BCUT2D eigenvalue weighted by Gasteiger charge is -2.05.